The predicted molar refractivity (Wildman–Crippen MR) is 312 cm³/mol. The fourth-order valence-electron chi connectivity index (χ4n) is 9.76. The number of hydrogen-bond acceptors (Lipinski definition) is 16. The van der Waals surface area contributed by atoms with Gasteiger partial charge < -0.3 is 38.9 Å². The van der Waals surface area contributed by atoms with Crippen LogP contribution in [0.25, 0.3) is 11.2 Å². The Hall–Kier alpha value is -7.36. The van der Waals surface area contributed by atoms with E-state index < -0.39 is 92.7 Å². The van der Waals surface area contributed by atoms with E-state index in [1.165, 1.54) is 11.2 Å². The van der Waals surface area contributed by atoms with E-state index in [9.17, 15) is 28.8 Å². The fraction of sp³-hybridized carbons (Fsp3) is 0.414. The first kappa shape index (κ1) is 63.2. The molecule has 1 saturated heterocycles. The molecule has 6 atom stereocenters. The number of aromatic amines is 1. The number of ether oxygens (including phenoxy) is 5. The number of esters is 4. The highest BCUT2D eigenvalue weighted by Gasteiger charge is 2.42. The van der Waals surface area contributed by atoms with Gasteiger partial charge in [0.2, 0.25) is 26.7 Å². The number of imidazole rings is 1. The monoisotopic (exact) mass is 1180 g/mol. The maximum atomic E-state index is 15.7. The summed E-state index contributed by atoms with van der Waals surface area (Å²) in [6.45, 7) is 6.29. The van der Waals surface area contributed by atoms with E-state index in [1.807, 2.05) is 97.1 Å². The molecule has 3 heterocycles. The van der Waals surface area contributed by atoms with Crippen molar-refractivity contribution in [2.75, 3.05) is 64.2 Å². The Labute approximate surface area is 482 Å². The van der Waals surface area contributed by atoms with E-state index in [4.69, 9.17) is 29.4 Å². The molecule has 444 valence electrons. The first-order valence-corrected chi connectivity index (χ1v) is 31.5. The third kappa shape index (κ3) is 18.3. The first-order valence-electron chi connectivity index (χ1n) is 27.8. The number of H-pyrrole nitrogens is 1. The molecule has 0 bridgehead atoms. The molecule has 0 aliphatic carbocycles. The largest absolute Gasteiger partial charge is 0.465 e. The number of benzene rings is 4. The molecule has 1 amide bonds. The van der Waals surface area contributed by atoms with Crippen molar-refractivity contribution >= 4 is 61.8 Å². The maximum Gasteiger partial charge on any atom is 0.323 e. The Balaban J connectivity index is 1.20. The van der Waals surface area contributed by atoms with Crippen LogP contribution < -0.4 is 31.6 Å². The average Bonchev–Trinajstić information content (AvgIpc) is 4.34. The van der Waals surface area contributed by atoms with Crippen LogP contribution in [-0.4, -0.2) is 143 Å². The van der Waals surface area contributed by atoms with E-state index in [2.05, 4.69) is 35.3 Å². The summed E-state index contributed by atoms with van der Waals surface area (Å²) in [6.07, 6.45) is -0.387. The Kier molecular flexibility index (Phi) is 23.5. The molecule has 7 rings (SSSR count). The molecule has 0 radical (unpaired) electrons. The lowest BCUT2D eigenvalue weighted by molar-refractivity contribution is -0.146. The zero-order valence-corrected chi connectivity index (χ0v) is 48.8. The third-order valence-corrected chi connectivity index (χ3v) is 18.2. The number of carbonyl (C=O) groups excluding carboxylic acids is 5. The SMILES string of the molecule is CCOC(=O)C(Cc1ccccc1)NP(=O)(CCO[C@@H]1CN(C(=O)CCP(=O)(NC(Cc2ccccc2)C(=O)OCC)NC(Cc2ccccc2)C(=O)OCC)CC1n1cnc2c(=O)[nH]c(N)nc21)NC(Cc1ccccc1)C(=O)OCC. The van der Waals surface area contributed by atoms with Gasteiger partial charge in [-0.1, -0.05) is 121 Å². The lowest BCUT2D eigenvalue weighted by atomic mass is 10.1. The zero-order chi connectivity index (χ0) is 59.4. The van der Waals surface area contributed by atoms with Crippen LogP contribution in [0, 0.1) is 0 Å². The second kappa shape index (κ2) is 30.8. The highest BCUT2D eigenvalue weighted by Crippen LogP contribution is 2.42. The number of hydrogen-bond donors (Lipinski definition) is 6. The molecule has 1 fully saturated rings. The van der Waals surface area contributed by atoms with Crippen LogP contribution in [0.15, 0.2) is 132 Å². The summed E-state index contributed by atoms with van der Waals surface area (Å²) in [4.78, 5) is 95.4. The molecular formula is C58H74N10O13P2. The Bertz CT molecular complexity index is 3110. The van der Waals surface area contributed by atoms with Crippen molar-refractivity contribution in [3.05, 3.63) is 160 Å². The molecule has 6 aromatic rings. The molecule has 4 aromatic carbocycles. The van der Waals surface area contributed by atoms with Crippen LogP contribution in [0.2, 0.25) is 0 Å². The molecule has 7 N–H and O–H groups in total. The van der Waals surface area contributed by atoms with Gasteiger partial charge in [0.05, 0.1) is 57.7 Å². The topological polar surface area (TPSA) is 307 Å². The number of amides is 1. The summed E-state index contributed by atoms with van der Waals surface area (Å²) in [6, 6.07) is 30.8. The number of anilines is 1. The number of nitrogen functional groups attached to an aromatic ring is 1. The predicted octanol–water partition coefficient (Wildman–Crippen LogP) is 5.30. The maximum absolute atomic E-state index is 15.7. The molecule has 0 spiro atoms. The lowest BCUT2D eigenvalue weighted by Gasteiger charge is -2.30. The average molecular weight is 1180 g/mol. The number of carbonyl (C=O) groups is 5. The van der Waals surface area contributed by atoms with Crippen LogP contribution in [0.1, 0.15) is 62.4 Å². The van der Waals surface area contributed by atoms with Crippen LogP contribution in [-0.2, 0) is 82.5 Å². The van der Waals surface area contributed by atoms with Gasteiger partial charge in [0.15, 0.2) is 11.2 Å². The normalized spacial score (nSPS) is 17.1. The zero-order valence-electron chi connectivity index (χ0n) is 47.1. The number of rotatable bonds is 32. The number of likely N-dealkylation sites (tertiary alicyclic amines) is 1. The highest BCUT2D eigenvalue weighted by atomic mass is 31.2. The van der Waals surface area contributed by atoms with Gasteiger partial charge in [-0.25, -0.2) is 25.3 Å². The highest BCUT2D eigenvalue weighted by molar-refractivity contribution is 7.60. The van der Waals surface area contributed by atoms with E-state index in [1.54, 1.807) is 56.5 Å². The second-order valence-electron chi connectivity index (χ2n) is 19.7. The van der Waals surface area contributed by atoms with Gasteiger partial charge in [-0.15, -0.1) is 0 Å². The summed E-state index contributed by atoms with van der Waals surface area (Å²) in [5.41, 5.74) is 8.43. The minimum atomic E-state index is -4.17. The summed E-state index contributed by atoms with van der Waals surface area (Å²) in [5.74, 6) is -3.44. The van der Waals surface area contributed by atoms with Gasteiger partial charge in [0.25, 0.3) is 5.56 Å². The molecule has 0 saturated carbocycles. The Morgan fingerprint density at radius 3 is 1.34 bits per heavy atom. The minimum absolute atomic E-state index is 0.0266. The number of fused-ring (bicyclic) bond motifs is 1. The van der Waals surface area contributed by atoms with Crippen molar-refractivity contribution in [1.29, 1.82) is 0 Å². The standard InChI is InChI=1S/C58H74N10O13P2/c1-5-77-54(71)44(33-40-21-13-9-14-22-40)63-82(75,64-45(55(72)78-6-2)34-41-23-15-10-16-24-41)31-29-50(69)67-37-48(68-39-60-51-52(68)61-58(59)62-53(51)70)49(38-67)81-30-32-83(76,65-46(56(73)79-7-3)35-42-25-17-11-18-26-42)66-47(57(74)80-8-4)36-43-27-19-12-20-28-43/h9-28,39,44-49H,5-8,29-38H2,1-4H3,(H2,63,64,75)(H2,65,66,76)(H3,59,61,62,70)/t44?,45?,46?,47?,48?,49-,82?,83?/m1/s1. The quantitative estimate of drug-likeness (QED) is 0.0177. The number of nitrogens with two attached hydrogens (primary N) is 1. The van der Waals surface area contributed by atoms with Gasteiger partial charge >= 0.3 is 23.9 Å². The van der Waals surface area contributed by atoms with Crippen molar-refractivity contribution in [2.24, 2.45) is 0 Å². The van der Waals surface area contributed by atoms with Crippen LogP contribution in [0.5, 0.6) is 0 Å². The molecule has 2 aromatic heterocycles. The summed E-state index contributed by atoms with van der Waals surface area (Å²) in [5, 5.41) is 12.2. The summed E-state index contributed by atoms with van der Waals surface area (Å²) in [7, 11) is -8.29. The van der Waals surface area contributed by atoms with Crippen molar-refractivity contribution in [3.8, 4) is 0 Å². The van der Waals surface area contributed by atoms with Crippen molar-refractivity contribution in [2.45, 2.75) is 96.1 Å². The third-order valence-electron chi connectivity index (χ3n) is 13.6. The Morgan fingerprint density at radius 2 is 0.964 bits per heavy atom. The molecule has 5 unspecified atom stereocenters. The van der Waals surface area contributed by atoms with E-state index >= 15 is 9.13 Å². The van der Waals surface area contributed by atoms with E-state index in [-0.39, 0.29) is 102 Å². The molecule has 1 aliphatic rings. The number of nitrogens with zero attached hydrogens (tertiary/aromatic N) is 4. The van der Waals surface area contributed by atoms with Gasteiger partial charge in [-0.2, -0.15) is 4.98 Å². The van der Waals surface area contributed by atoms with Gasteiger partial charge in [-0.05, 0) is 75.6 Å². The van der Waals surface area contributed by atoms with Crippen molar-refractivity contribution in [1.82, 2.24) is 44.8 Å². The molecular weight excluding hydrogens is 1110 g/mol. The van der Waals surface area contributed by atoms with Crippen LogP contribution in [0.4, 0.5) is 5.95 Å². The number of aromatic nitrogens is 4. The van der Waals surface area contributed by atoms with Crippen molar-refractivity contribution < 1.29 is 56.8 Å². The number of nitrogens with one attached hydrogen (secondary N) is 5. The second-order valence-corrected chi connectivity index (χ2v) is 24.6. The first-order chi connectivity index (χ1) is 40.0. The molecule has 23 nitrogen and oxygen atoms in total. The van der Waals surface area contributed by atoms with Crippen LogP contribution in [0.3, 0.4) is 0 Å². The summed E-state index contributed by atoms with van der Waals surface area (Å²) < 4.78 is 61.4. The van der Waals surface area contributed by atoms with Gasteiger partial charge in [0.1, 0.15) is 24.2 Å². The summed E-state index contributed by atoms with van der Waals surface area (Å²) >= 11 is 0. The van der Waals surface area contributed by atoms with Gasteiger partial charge in [0, 0.05) is 25.7 Å². The lowest BCUT2D eigenvalue weighted by Crippen LogP contribution is -2.47. The van der Waals surface area contributed by atoms with Gasteiger partial charge in [-0.3, -0.25) is 42.9 Å². The van der Waals surface area contributed by atoms with Crippen molar-refractivity contribution in [3.63, 3.8) is 0 Å². The Morgan fingerprint density at radius 1 is 0.590 bits per heavy atom. The fourth-order valence-corrected chi connectivity index (χ4v) is 14.1. The smallest absolute Gasteiger partial charge is 0.323 e. The molecule has 1 aliphatic heterocycles. The van der Waals surface area contributed by atoms with Crippen LogP contribution >= 0.6 is 14.9 Å². The van der Waals surface area contributed by atoms with E-state index in [0.29, 0.717) is 0 Å². The minimum Gasteiger partial charge on any atom is -0.465 e. The van der Waals surface area contributed by atoms with E-state index in [0.717, 1.165) is 22.3 Å². The molecule has 25 heteroatoms. The molecule has 83 heavy (non-hydrogen) atoms.